The summed E-state index contributed by atoms with van der Waals surface area (Å²) >= 11 is 1.56. The molecule has 164 valence electrons. The highest BCUT2D eigenvalue weighted by Crippen LogP contribution is 2.24. The molecule has 0 atom stereocenters. The lowest BCUT2D eigenvalue weighted by atomic mass is 10.00. The Labute approximate surface area is 194 Å². The molecule has 0 fully saturated rings. The number of cyclic esters (lactones) is 1. The van der Waals surface area contributed by atoms with E-state index in [0.29, 0.717) is 11.6 Å². The van der Waals surface area contributed by atoms with E-state index in [1.54, 1.807) is 17.4 Å². The molecular formula is C28H29NO2S. The SMILES string of the molecule is CCCCCCCCc1ccc(-c2ccc(C3=NC(=Cc4cccs4)C(=O)O3)cc2)cc1. The van der Waals surface area contributed by atoms with Crippen LogP contribution in [-0.2, 0) is 16.0 Å². The lowest BCUT2D eigenvalue weighted by Gasteiger charge is -2.06. The van der Waals surface area contributed by atoms with E-state index in [0.717, 1.165) is 22.4 Å². The van der Waals surface area contributed by atoms with Crippen LogP contribution in [0.2, 0.25) is 0 Å². The van der Waals surface area contributed by atoms with Gasteiger partial charge in [0.2, 0.25) is 5.90 Å². The molecule has 0 unspecified atom stereocenters. The molecule has 1 aliphatic heterocycles. The molecule has 4 heteroatoms. The van der Waals surface area contributed by atoms with Crippen LogP contribution in [0.15, 0.2) is 76.7 Å². The molecule has 0 bridgehead atoms. The third-order valence-electron chi connectivity index (χ3n) is 5.68. The molecule has 2 heterocycles. The molecule has 1 aromatic heterocycles. The molecule has 32 heavy (non-hydrogen) atoms. The number of carbonyl (C=O) groups is 1. The summed E-state index contributed by atoms with van der Waals surface area (Å²) in [6.07, 6.45) is 10.9. The summed E-state index contributed by atoms with van der Waals surface area (Å²) in [5, 5.41) is 1.97. The average Bonchev–Trinajstić information content (AvgIpc) is 3.47. The van der Waals surface area contributed by atoms with Crippen LogP contribution in [0.3, 0.4) is 0 Å². The Bertz CT molecular complexity index is 1080. The molecule has 3 aromatic rings. The summed E-state index contributed by atoms with van der Waals surface area (Å²) in [7, 11) is 0. The Morgan fingerprint density at radius 1 is 0.844 bits per heavy atom. The first-order valence-electron chi connectivity index (χ1n) is 11.5. The van der Waals surface area contributed by atoms with Gasteiger partial charge in [0.1, 0.15) is 0 Å². The van der Waals surface area contributed by atoms with E-state index in [2.05, 4.69) is 48.3 Å². The second kappa shape index (κ2) is 11.1. The van der Waals surface area contributed by atoms with Gasteiger partial charge in [0.25, 0.3) is 0 Å². The Morgan fingerprint density at radius 2 is 1.50 bits per heavy atom. The van der Waals surface area contributed by atoms with E-state index < -0.39 is 5.97 Å². The van der Waals surface area contributed by atoms with E-state index >= 15 is 0 Å². The molecule has 0 radical (unpaired) electrons. The Morgan fingerprint density at radius 3 is 2.19 bits per heavy atom. The molecule has 0 saturated carbocycles. The summed E-state index contributed by atoms with van der Waals surface area (Å²) in [4.78, 5) is 17.5. The maximum absolute atomic E-state index is 12.1. The van der Waals surface area contributed by atoms with Gasteiger partial charge < -0.3 is 4.74 Å². The van der Waals surface area contributed by atoms with Crippen LogP contribution in [0, 0.1) is 0 Å². The number of aryl methyl sites for hydroxylation is 1. The van der Waals surface area contributed by atoms with Crippen molar-refractivity contribution in [3.05, 3.63) is 87.7 Å². The average molecular weight is 444 g/mol. The smallest absolute Gasteiger partial charge is 0.363 e. The van der Waals surface area contributed by atoms with Crippen LogP contribution >= 0.6 is 11.3 Å². The lowest BCUT2D eigenvalue weighted by Crippen LogP contribution is -2.05. The van der Waals surface area contributed by atoms with Crippen molar-refractivity contribution in [1.82, 2.24) is 0 Å². The number of nitrogens with zero attached hydrogens (tertiary/aromatic N) is 1. The Balaban J connectivity index is 1.36. The highest BCUT2D eigenvalue weighted by Gasteiger charge is 2.24. The van der Waals surface area contributed by atoms with Crippen LogP contribution in [0.25, 0.3) is 17.2 Å². The summed E-state index contributed by atoms with van der Waals surface area (Å²) in [6, 6.07) is 20.8. The number of thiophene rings is 1. The van der Waals surface area contributed by atoms with Crippen molar-refractivity contribution in [3.63, 3.8) is 0 Å². The van der Waals surface area contributed by atoms with Crippen LogP contribution in [-0.4, -0.2) is 11.9 Å². The standard InChI is InChI=1S/C28H29NO2S/c1-2-3-4-5-6-7-9-21-11-13-22(14-12-21)23-15-17-24(18-16-23)27-29-26(28(30)31-27)20-25-10-8-19-32-25/h8,10-20H,2-7,9H2,1H3. The van der Waals surface area contributed by atoms with Gasteiger partial charge in [-0.1, -0.05) is 81.5 Å². The second-order valence-corrected chi connectivity index (χ2v) is 9.12. The fraction of sp³-hybridized carbons (Fsp3) is 0.286. The molecule has 0 N–H and O–H groups in total. The van der Waals surface area contributed by atoms with Crippen molar-refractivity contribution in [2.75, 3.05) is 0 Å². The van der Waals surface area contributed by atoms with E-state index in [4.69, 9.17) is 4.74 Å². The van der Waals surface area contributed by atoms with Crippen molar-refractivity contribution in [1.29, 1.82) is 0 Å². The van der Waals surface area contributed by atoms with Gasteiger partial charge in [-0.3, -0.25) is 0 Å². The normalized spacial score (nSPS) is 14.6. The van der Waals surface area contributed by atoms with E-state index in [1.165, 1.54) is 49.7 Å². The van der Waals surface area contributed by atoms with Crippen molar-refractivity contribution in [2.24, 2.45) is 4.99 Å². The molecule has 3 nitrogen and oxygen atoms in total. The quantitative estimate of drug-likeness (QED) is 0.183. The third-order valence-corrected chi connectivity index (χ3v) is 6.50. The number of benzene rings is 2. The number of carbonyl (C=O) groups excluding carboxylic acids is 1. The highest BCUT2D eigenvalue weighted by atomic mass is 32.1. The first-order valence-corrected chi connectivity index (χ1v) is 12.4. The zero-order valence-corrected chi connectivity index (χ0v) is 19.4. The van der Waals surface area contributed by atoms with Crippen LogP contribution in [0.4, 0.5) is 0 Å². The number of hydrogen-bond acceptors (Lipinski definition) is 4. The minimum Gasteiger partial charge on any atom is -0.402 e. The highest BCUT2D eigenvalue weighted by molar-refractivity contribution is 7.10. The van der Waals surface area contributed by atoms with Crippen molar-refractivity contribution >= 4 is 29.3 Å². The molecular weight excluding hydrogens is 414 g/mol. The Hall–Kier alpha value is -2.98. The summed E-state index contributed by atoms with van der Waals surface area (Å²) in [5.41, 5.74) is 4.87. The van der Waals surface area contributed by atoms with Crippen molar-refractivity contribution in [2.45, 2.75) is 51.9 Å². The fourth-order valence-electron chi connectivity index (χ4n) is 3.82. The number of hydrogen-bond donors (Lipinski definition) is 0. The second-order valence-electron chi connectivity index (χ2n) is 8.14. The minimum absolute atomic E-state index is 0.340. The predicted molar refractivity (Wildman–Crippen MR) is 134 cm³/mol. The zero-order chi connectivity index (χ0) is 22.2. The van der Waals surface area contributed by atoms with Gasteiger partial charge in [0, 0.05) is 10.4 Å². The van der Waals surface area contributed by atoms with Gasteiger partial charge in [-0.2, -0.15) is 0 Å². The number of ether oxygens (including phenoxy) is 1. The largest absolute Gasteiger partial charge is 0.402 e. The maximum Gasteiger partial charge on any atom is 0.363 e. The predicted octanol–water partition coefficient (Wildman–Crippen LogP) is 7.66. The molecule has 0 saturated heterocycles. The van der Waals surface area contributed by atoms with E-state index in [9.17, 15) is 4.79 Å². The molecule has 2 aromatic carbocycles. The zero-order valence-electron chi connectivity index (χ0n) is 18.5. The van der Waals surface area contributed by atoms with Crippen molar-refractivity contribution in [3.8, 4) is 11.1 Å². The lowest BCUT2D eigenvalue weighted by molar-refractivity contribution is -0.129. The number of rotatable bonds is 10. The maximum atomic E-state index is 12.1. The summed E-state index contributed by atoms with van der Waals surface area (Å²) in [5.74, 6) is -0.0444. The van der Waals surface area contributed by atoms with Gasteiger partial charge in [0.05, 0.1) is 0 Å². The molecule has 4 rings (SSSR count). The molecule has 0 spiro atoms. The monoisotopic (exact) mass is 443 g/mol. The molecule has 0 aliphatic carbocycles. The molecule has 0 amide bonds. The summed E-state index contributed by atoms with van der Waals surface area (Å²) in [6.45, 7) is 2.26. The molecule has 1 aliphatic rings. The van der Waals surface area contributed by atoms with Gasteiger partial charge in [0.15, 0.2) is 5.70 Å². The minimum atomic E-state index is -0.404. The van der Waals surface area contributed by atoms with Gasteiger partial charge >= 0.3 is 5.97 Å². The number of unbranched alkanes of at least 4 members (excludes halogenated alkanes) is 5. The van der Waals surface area contributed by atoms with E-state index in [-0.39, 0.29) is 0 Å². The van der Waals surface area contributed by atoms with Crippen LogP contribution < -0.4 is 0 Å². The van der Waals surface area contributed by atoms with Crippen LogP contribution in [0.1, 0.15) is 61.5 Å². The first kappa shape index (κ1) is 22.2. The van der Waals surface area contributed by atoms with Gasteiger partial charge in [-0.15, -0.1) is 11.3 Å². The Kier molecular flexibility index (Phi) is 7.68. The fourth-order valence-corrected chi connectivity index (χ4v) is 4.47. The topological polar surface area (TPSA) is 38.7 Å². The number of esters is 1. The summed E-state index contributed by atoms with van der Waals surface area (Å²) < 4.78 is 5.39. The van der Waals surface area contributed by atoms with Crippen LogP contribution in [0.5, 0.6) is 0 Å². The van der Waals surface area contributed by atoms with E-state index in [1.807, 2.05) is 29.6 Å². The number of aliphatic imine (C=N–C) groups is 1. The third kappa shape index (κ3) is 5.83. The van der Waals surface area contributed by atoms with Gasteiger partial charge in [-0.25, -0.2) is 9.79 Å². The van der Waals surface area contributed by atoms with Crippen molar-refractivity contribution < 1.29 is 9.53 Å². The van der Waals surface area contributed by atoms with Gasteiger partial charge in [-0.05, 0) is 59.2 Å². The first-order chi connectivity index (χ1) is 15.7.